The fraction of sp³-hybridized carbons (Fsp3) is 0. The number of hydrogen-bond donors (Lipinski definition) is 1. The zero-order valence-electron chi connectivity index (χ0n) is 5.75. The minimum atomic E-state index is -0.581. The fourth-order valence-electron chi connectivity index (χ4n) is 0.696. The summed E-state index contributed by atoms with van der Waals surface area (Å²) in [4.78, 5) is 10.1. The summed E-state index contributed by atoms with van der Waals surface area (Å²) in [6.07, 6.45) is 0. The molecular formula is C6H4BrIN2O2. The number of hydrogen-bond acceptors (Lipinski definition) is 2. The first kappa shape index (κ1) is 9.72. The maximum Gasteiger partial charge on any atom is 0.162 e. The van der Waals surface area contributed by atoms with Crippen LogP contribution in [0.2, 0.25) is 0 Å². The average Bonchev–Trinajstić information content (AvgIpc) is 1.97. The van der Waals surface area contributed by atoms with Gasteiger partial charge in [0.25, 0.3) is 0 Å². The second-order valence-electron chi connectivity index (χ2n) is 1.97. The highest BCUT2D eigenvalue weighted by molar-refractivity contribution is 14.1. The van der Waals surface area contributed by atoms with Crippen molar-refractivity contribution in [2.24, 2.45) is 0 Å². The Morgan fingerprint density at radius 3 is 2.75 bits per heavy atom. The SMILES string of the molecule is O=[N+]([O-])Nc1c(Br)cccc1I. The summed E-state index contributed by atoms with van der Waals surface area (Å²) in [6, 6.07) is 5.35. The zero-order chi connectivity index (χ0) is 9.14. The zero-order valence-corrected chi connectivity index (χ0v) is 9.50. The lowest BCUT2D eigenvalue weighted by Gasteiger charge is -2.02. The Morgan fingerprint density at radius 1 is 1.58 bits per heavy atom. The number of nitrogens with zero attached hydrogens (tertiary/aromatic N) is 1. The maximum absolute atomic E-state index is 10.1. The normalized spacial score (nSPS) is 9.50. The summed E-state index contributed by atoms with van der Waals surface area (Å²) in [6.45, 7) is 0. The Morgan fingerprint density at radius 2 is 2.25 bits per heavy atom. The molecule has 1 N–H and O–H groups in total. The smallest absolute Gasteiger partial charge is 0.162 e. The number of nitro groups is 1. The lowest BCUT2D eigenvalue weighted by atomic mass is 10.3. The van der Waals surface area contributed by atoms with Crippen molar-refractivity contribution in [2.75, 3.05) is 5.43 Å². The van der Waals surface area contributed by atoms with Crippen LogP contribution in [0, 0.1) is 13.7 Å². The molecule has 0 fully saturated rings. The molecular weight excluding hydrogens is 339 g/mol. The second kappa shape index (κ2) is 4.04. The van der Waals surface area contributed by atoms with Crippen LogP contribution < -0.4 is 5.43 Å². The lowest BCUT2D eigenvalue weighted by Crippen LogP contribution is -2.09. The number of hydrazine groups is 1. The molecule has 0 aliphatic rings. The van der Waals surface area contributed by atoms with Gasteiger partial charge in [-0.2, -0.15) is 0 Å². The van der Waals surface area contributed by atoms with Gasteiger partial charge in [-0.25, -0.2) is 10.1 Å². The molecule has 0 aliphatic heterocycles. The number of rotatable bonds is 2. The Kier molecular flexibility index (Phi) is 3.27. The van der Waals surface area contributed by atoms with E-state index in [0.717, 1.165) is 3.57 Å². The van der Waals surface area contributed by atoms with Gasteiger partial charge in [0.15, 0.2) is 5.03 Å². The van der Waals surface area contributed by atoms with Crippen LogP contribution in [0.25, 0.3) is 0 Å². The second-order valence-corrected chi connectivity index (χ2v) is 3.98. The van der Waals surface area contributed by atoms with Crippen molar-refractivity contribution in [1.29, 1.82) is 0 Å². The number of benzene rings is 1. The summed E-state index contributed by atoms with van der Waals surface area (Å²) >= 11 is 5.23. The third kappa shape index (κ3) is 2.31. The minimum Gasteiger partial charge on any atom is -0.235 e. The van der Waals surface area contributed by atoms with Crippen molar-refractivity contribution in [2.45, 2.75) is 0 Å². The molecule has 6 heteroatoms. The summed E-state index contributed by atoms with van der Waals surface area (Å²) in [5.41, 5.74) is 2.60. The number of halogens is 2. The quantitative estimate of drug-likeness (QED) is 0.510. The van der Waals surface area contributed by atoms with Crippen molar-refractivity contribution in [3.05, 3.63) is 36.4 Å². The Labute approximate surface area is 90.7 Å². The highest BCUT2D eigenvalue weighted by atomic mass is 127. The molecule has 0 heterocycles. The summed E-state index contributed by atoms with van der Waals surface area (Å²) in [7, 11) is 0. The van der Waals surface area contributed by atoms with E-state index in [4.69, 9.17) is 0 Å². The highest BCUT2D eigenvalue weighted by Gasteiger charge is 2.07. The Balaban J connectivity index is 3.04. The van der Waals surface area contributed by atoms with Crippen LogP contribution in [0.3, 0.4) is 0 Å². The van der Waals surface area contributed by atoms with Crippen molar-refractivity contribution in [1.82, 2.24) is 0 Å². The molecule has 12 heavy (non-hydrogen) atoms. The Bertz CT molecular complexity index is 298. The molecule has 0 amide bonds. The van der Waals surface area contributed by atoms with E-state index in [-0.39, 0.29) is 0 Å². The molecule has 0 saturated carbocycles. The molecule has 0 aromatic heterocycles. The van der Waals surface area contributed by atoms with Gasteiger partial charge >= 0.3 is 0 Å². The molecule has 0 spiro atoms. The Hall–Kier alpha value is -0.370. The van der Waals surface area contributed by atoms with E-state index >= 15 is 0 Å². The third-order valence-electron chi connectivity index (χ3n) is 1.17. The monoisotopic (exact) mass is 342 g/mol. The van der Waals surface area contributed by atoms with Gasteiger partial charge in [-0.3, -0.25) is 0 Å². The van der Waals surface area contributed by atoms with Gasteiger partial charge in [0.1, 0.15) is 5.69 Å². The van der Waals surface area contributed by atoms with Crippen LogP contribution in [0.15, 0.2) is 22.7 Å². The van der Waals surface area contributed by atoms with E-state index in [9.17, 15) is 10.1 Å². The van der Waals surface area contributed by atoms with Crippen molar-refractivity contribution in [3.63, 3.8) is 0 Å². The molecule has 64 valence electrons. The van der Waals surface area contributed by atoms with Gasteiger partial charge in [0.2, 0.25) is 0 Å². The lowest BCUT2D eigenvalue weighted by molar-refractivity contribution is -0.445. The van der Waals surface area contributed by atoms with Crippen LogP contribution in [0.5, 0.6) is 0 Å². The van der Waals surface area contributed by atoms with Gasteiger partial charge in [0, 0.05) is 8.04 Å². The van der Waals surface area contributed by atoms with E-state index < -0.39 is 5.03 Å². The minimum absolute atomic E-state index is 0.489. The van der Waals surface area contributed by atoms with E-state index in [0.29, 0.717) is 10.2 Å². The molecule has 0 saturated heterocycles. The van der Waals surface area contributed by atoms with Crippen LogP contribution in [-0.4, -0.2) is 5.03 Å². The van der Waals surface area contributed by atoms with Crippen molar-refractivity contribution in [3.8, 4) is 0 Å². The first-order valence-corrected chi connectivity index (χ1v) is 4.83. The van der Waals surface area contributed by atoms with Crippen molar-refractivity contribution >= 4 is 44.2 Å². The summed E-state index contributed by atoms with van der Waals surface area (Å²) < 4.78 is 1.49. The van der Waals surface area contributed by atoms with Gasteiger partial charge in [-0.05, 0) is 50.7 Å². The standard InChI is InChI=1S/C6H4BrIN2O2/c7-4-2-1-3-5(8)6(4)9-10(11)12/h1-3,9H. The van der Waals surface area contributed by atoms with E-state index in [2.05, 4.69) is 21.4 Å². The number of nitrogens with one attached hydrogen (secondary N) is 1. The van der Waals surface area contributed by atoms with Crippen LogP contribution in [0.4, 0.5) is 5.69 Å². The predicted molar refractivity (Wildman–Crippen MR) is 57.5 cm³/mol. The molecule has 0 atom stereocenters. The molecule has 1 rings (SSSR count). The summed E-state index contributed by atoms with van der Waals surface area (Å²) in [5, 5.41) is 9.56. The van der Waals surface area contributed by atoms with Gasteiger partial charge in [0.05, 0.1) is 0 Å². The largest absolute Gasteiger partial charge is 0.235 e. The predicted octanol–water partition coefficient (Wildman–Crippen LogP) is 2.66. The topological polar surface area (TPSA) is 55.2 Å². The molecule has 1 aromatic rings. The van der Waals surface area contributed by atoms with Gasteiger partial charge in [-0.1, -0.05) is 6.07 Å². The summed E-state index contributed by atoms with van der Waals surface area (Å²) in [5.74, 6) is 0. The maximum atomic E-state index is 10.1. The number of anilines is 1. The van der Waals surface area contributed by atoms with Gasteiger partial charge < -0.3 is 0 Å². The first-order valence-electron chi connectivity index (χ1n) is 2.96. The van der Waals surface area contributed by atoms with E-state index in [1.807, 2.05) is 28.7 Å². The van der Waals surface area contributed by atoms with Crippen LogP contribution in [-0.2, 0) is 0 Å². The first-order chi connectivity index (χ1) is 5.61. The van der Waals surface area contributed by atoms with Crippen molar-refractivity contribution < 1.29 is 5.03 Å². The van der Waals surface area contributed by atoms with E-state index in [1.54, 1.807) is 12.1 Å². The van der Waals surface area contributed by atoms with Gasteiger partial charge in [-0.15, -0.1) is 5.43 Å². The van der Waals surface area contributed by atoms with E-state index in [1.165, 1.54) is 0 Å². The molecule has 0 bridgehead atoms. The third-order valence-corrected chi connectivity index (χ3v) is 2.73. The number of para-hydroxylation sites is 1. The van der Waals surface area contributed by atoms with Crippen LogP contribution >= 0.6 is 38.5 Å². The fourth-order valence-corrected chi connectivity index (χ4v) is 2.14. The molecule has 0 aliphatic carbocycles. The molecule has 0 unspecified atom stereocenters. The average molecular weight is 343 g/mol. The molecule has 1 aromatic carbocycles. The highest BCUT2D eigenvalue weighted by Crippen LogP contribution is 2.27. The molecule has 4 nitrogen and oxygen atoms in total. The van der Waals surface area contributed by atoms with Crippen LogP contribution in [0.1, 0.15) is 0 Å². The molecule has 0 radical (unpaired) electrons.